The number of hydrogen-bond donors (Lipinski definition) is 0. The average Bonchev–Trinajstić information content (AvgIpc) is 3.49. The van der Waals surface area contributed by atoms with E-state index in [1.165, 1.54) is 5.56 Å². The molecule has 8 heteroatoms. The van der Waals surface area contributed by atoms with Crippen LogP contribution in [0.15, 0.2) is 59.4 Å². The first-order valence-corrected chi connectivity index (χ1v) is 14.2. The third kappa shape index (κ3) is 7.85. The number of anilines is 2. The van der Waals surface area contributed by atoms with Gasteiger partial charge in [-0.25, -0.2) is 9.78 Å². The predicted octanol–water partition coefficient (Wildman–Crippen LogP) is 7.43. The van der Waals surface area contributed by atoms with Crippen molar-refractivity contribution in [2.75, 3.05) is 24.7 Å². The molecule has 2 heterocycles. The van der Waals surface area contributed by atoms with Crippen LogP contribution in [0.4, 0.5) is 11.4 Å². The van der Waals surface area contributed by atoms with Crippen LogP contribution in [0, 0.1) is 27.7 Å². The zero-order chi connectivity index (χ0) is 29.6. The number of carbonyl (C=O) groups excluding carboxylic acids is 1. The zero-order valence-electron chi connectivity index (χ0n) is 25.4. The molecule has 0 aliphatic carbocycles. The van der Waals surface area contributed by atoms with E-state index in [9.17, 15) is 4.79 Å². The van der Waals surface area contributed by atoms with Crippen LogP contribution in [0.25, 0.3) is 16.8 Å². The molecule has 0 amide bonds. The van der Waals surface area contributed by atoms with Crippen LogP contribution in [0.2, 0.25) is 0 Å². The van der Waals surface area contributed by atoms with E-state index in [0.717, 1.165) is 71.3 Å². The Labute approximate surface area is 243 Å². The maximum absolute atomic E-state index is 11.9. The molecule has 0 aliphatic rings. The fourth-order valence-electron chi connectivity index (χ4n) is 4.96. The molecular formula is C33H42N4O4. The lowest BCUT2D eigenvalue weighted by molar-refractivity contribution is -0.160. The first-order chi connectivity index (χ1) is 19.5. The van der Waals surface area contributed by atoms with Gasteiger partial charge in [0.25, 0.3) is 0 Å². The fraction of sp³-hybridized carbons (Fsp3) is 0.424. The Balaban J connectivity index is 1.49. The number of carbonyl (C=O) groups is 1. The second-order valence-corrected chi connectivity index (χ2v) is 11.4. The van der Waals surface area contributed by atoms with Gasteiger partial charge >= 0.3 is 5.97 Å². The van der Waals surface area contributed by atoms with E-state index in [1.807, 2.05) is 53.9 Å². The molecule has 0 radical (unpaired) electrons. The molecule has 4 rings (SSSR count). The molecule has 2 aromatic carbocycles. The number of esters is 1. The van der Waals surface area contributed by atoms with Crippen molar-refractivity contribution in [2.45, 2.75) is 73.3 Å². The highest BCUT2D eigenvalue weighted by atomic mass is 16.6. The summed E-state index contributed by atoms with van der Waals surface area (Å²) in [6.45, 7) is 15.0. The molecule has 0 spiro atoms. The van der Waals surface area contributed by atoms with E-state index in [2.05, 4.69) is 69.0 Å². The summed E-state index contributed by atoms with van der Waals surface area (Å²) in [5.41, 5.74) is 7.05. The van der Waals surface area contributed by atoms with Gasteiger partial charge in [-0.1, -0.05) is 17.3 Å². The second kappa shape index (κ2) is 13.2. The van der Waals surface area contributed by atoms with E-state index in [0.29, 0.717) is 6.61 Å². The second-order valence-electron chi connectivity index (χ2n) is 11.4. The standard InChI is InChI=1S/C33H42N4O4/c1-23-11-12-27(32-24(2)35-41-25(32)3)21-30(23)37(18-9-8-10-20-39-22-31(38)40-33(5,6)7)29-15-13-28(14-16-29)36-19-17-34-26(36)4/h11-17,19,21H,8-10,18,20,22H2,1-7H3. The molecule has 0 aliphatic heterocycles. The van der Waals surface area contributed by atoms with Gasteiger partial charge in [0.15, 0.2) is 0 Å². The first kappa shape index (κ1) is 30.1. The Hall–Kier alpha value is -3.91. The Morgan fingerprint density at radius 3 is 2.39 bits per heavy atom. The van der Waals surface area contributed by atoms with Gasteiger partial charge in [-0.2, -0.15) is 0 Å². The van der Waals surface area contributed by atoms with Crippen LogP contribution in [0.5, 0.6) is 0 Å². The van der Waals surface area contributed by atoms with Gasteiger partial charge < -0.3 is 23.5 Å². The van der Waals surface area contributed by atoms with Crippen LogP contribution >= 0.6 is 0 Å². The van der Waals surface area contributed by atoms with Crippen molar-refractivity contribution < 1.29 is 18.8 Å². The number of imidazole rings is 1. The molecule has 0 bridgehead atoms. The maximum Gasteiger partial charge on any atom is 0.332 e. The van der Waals surface area contributed by atoms with Gasteiger partial charge in [-0.3, -0.25) is 0 Å². The number of hydrogen-bond acceptors (Lipinski definition) is 7. The molecule has 0 N–H and O–H groups in total. The van der Waals surface area contributed by atoms with Crippen molar-refractivity contribution >= 4 is 17.3 Å². The Morgan fingerprint density at radius 1 is 1.00 bits per heavy atom. The molecule has 8 nitrogen and oxygen atoms in total. The normalized spacial score (nSPS) is 11.6. The maximum atomic E-state index is 11.9. The zero-order valence-corrected chi connectivity index (χ0v) is 25.4. The lowest BCUT2D eigenvalue weighted by atomic mass is 10.0. The summed E-state index contributed by atoms with van der Waals surface area (Å²) in [7, 11) is 0. The van der Waals surface area contributed by atoms with Crippen LogP contribution in [0.1, 0.15) is 62.9 Å². The van der Waals surface area contributed by atoms with Gasteiger partial charge in [-0.05, 0) is 109 Å². The quantitative estimate of drug-likeness (QED) is 0.132. The van der Waals surface area contributed by atoms with Crippen LogP contribution in [0.3, 0.4) is 0 Å². The van der Waals surface area contributed by atoms with E-state index in [1.54, 1.807) is 0 Å². The summed E-state index contributed by atoms with van der Waals surface area (Å²) >= 11 is 0. The van der Waals surface area contributed by atoms with Crippen molar-refractivity contribution in [3.8, 4) is 16.8 Å². The number of aryl methyl sites for hydroxylation is 4. The number of unbranched alkanes of at least 4 members (excludes halogenated alkanes) is 2. The summed E-state index contributed by atoms with van der Waals surface area (Å²) < 4.78 is 18.4. The highest BCUT2D eigenvalue weighted by Gasteiger charge is 2.18. The van der Waals surface area contributed by atoms with Crippen molar-refractivity contribution in [1.29, 1.82) is 0 Å². The third-order valence-corrected chi connectivity index (χ3v) is 6.90. The molecule has 0 fully saturated rings. The van der Waals surface area contributed by atoms with Gasteiger partial charge in [0.1, 0.15) is 23.8 Å². The van der Waals surface area contributed by atoms with Gasteiger partial charge in [0.2, 0.25) is 0 Å². The van der Waals surface area contributed by atoms with Crippen molar-refractivity contribution in [3.63, 3.8) is 0 Å². The summed E-state index contributed by atoms with van der Waals surface area (Å²) in [4.78, 5) is 18.6. The van der Waals surface area contributed by atoms with Gasteiger partial charge in [-0.15, -0.1) is 0 Å². The Morgan fingerprint density at radius 2 is 1.76 bits per heavy atom. The molecule has 2 aromatic heterocycles. The molecule has 0 saturated heterocycles. The Bertz CT molecular complexity index is 1430. The average molecular weight is 559 g/mol. The van der Waals surface area contributed by atoms with Crippen LogP contribution in [-0.4, -0.2) is 46.0 Å². The number of ether oxygens (including phenoxy) is 2. The lowest BCUT2D eigenvalue weighted by Crippen LogP contribution is -2.26. The molecule has 218 valence electrons. The molecule has 4 aromatic rings. The van der Waals surface area contributed by atoms with Crippen LogP contribution < -0.4 is 4.90 Å². The molecule has 0 saturated carbocycles. The van der Waals surface area contributed by atoms with Crippen molar-refractivity contribution in [2.24, 2.45) is 0 Å². The molecular weight excluding hydrogens is 516 g/mol. The number of nitrogens with zero attached hydrogens (tertiary/aromatic N) is 4. The number of benzene rings is 2. The van der Waals surface area contributed by atoms with E-state index in [4.69, 9.17) is 14.0 Å². The smallest absolute Gasteiger partial charge is 0.332 e. The minimum Gasteiger partial charge on any atom is -0.458 e. The molecule has 0 atom stereocenters. The van der Waals surface area contributed by atoms with E-state index in [-0.39, 0.29) is 12.6 Å². The summed E-state index contributed by atoms with van der Waals surface area (Å²) in [6.07, 6.45) is 6.60. The highest BCUT2D eigenvalue weighted by Crippen LogP contribution is 2.35. The summed E-state index contributed by atoms with van der Waals surface area (Å²) in [6, 6.07) is 15.1. The molecule has 41 heavy (non-hydrogen) atoms. The fourth-order valence-corrected chi connectivity index (χ4v) is 4.96. The minimum atomic E-state index is -0.499. The van der Waals surface area contributed by atoms with Gasteiger partial charge in [0.05, 0.1) is 5.69 Å². The monoisotopic (exact) mass is 558 g/mol. The first-order valence-electron chi connectivity index (χ1n) is 14.2. The third-order valence-electron chi connectivity index (χ3n) is 6.90. The topological polar surface area (TPSA) is 82.6 Å². The SMILES string of the molecule is Cc1ccc(-c2c(C)noc2C)cc1N(CCCCCOCC(=O)OC(C)(C)C)c1ccc(-n2ccnc2C)cc1. The Kier molecular flexibility index (Phi) is 9.65. The van der Waals surface area contributed by atoms with Gasteiger partial charge in [0, 0.05) is 48.2 Å². The number of aromatic nitrogens is 3. The van der Waals surface area contributed by atoms with Crippen molar-refractivity contribution in [1.82, 2.24) is 14.7 Å². The summed E-state index contributed by atoms with van der Waals surface area (Å²) in [5, 5.41) is 4.17. The minimum absolute atomic E-state index is 0.0141. The predicted molar refractivity (Wildman–Crippen MR) is 162 cm³/mol. The van der Waals surface area contributed by atoms with Crippen LogP contribution in [-0.2, 0) is 14.3 Å². The molecule has 0 unspecified atom stereocenters. The van der Waals surface area contributed by atoms with E-state index < -0.39 is 5.60 Å². The van der Waals surface area contributed by atoms with E-state index >= 15 is 0 Å². The highest BCUT2D eigenvalue weighted by molar-refractivity contribution is 5.76. The largest absolute Gasteiger partial charge is 0.458 e. The number of rotatable bonds is 12. The summed E-state index contributed by atoms with van der Waals surface area (Å²) in [5.74, 6) is 1.44. The lowest BCUT2D eigenvalue weighted by Gasteiger charge is -2.28. The van der Waals surface area contributed by atoms with Crippen molar-refractivity contribution in [3.05, 3.63) is 77.7 Å².